The Balaban J connectivity index is 0. The van der Waals surface area contributed by atoms with Gasteiger partial charge < -0.3 is 0 Å². The zero-order valence-electron chi connectivity index (χ0n) is 1.66. The van der Waals surface area contributed by atoms with Crippen LogP contribution in [-0.2, 0) is 0 Å². The van der Waals surface area contributed by atoms with Crippen molar-refractivity contribution in [2.24, 2.45) is 0 Å². The molecule has 0 aromatic carbocycles. The van der Waals surface area contributed by atoms with E-state index in [0.717, 1.165) is 0 Å². The van der Waals surface area contributed by atoms with E-state index in [4.69, 9.17) is 0 Å². The van der Waals surface area contributed by atoms with Crippen molar-refractivity contribution in [3.63, 3.8) is 0 Å². The maximum absolute atomic E-state index is 3.26. The Bertz CT molecular complexity index is 6.00. The molecule has 0 fully saturated rings. The van der Waals surface area contributed by atoms with Crippen LogP contribution >= 0.6 is 47.9 Å². The fourth-order valence-electron chi connectivity index (χ4n) is 0. The SMILES string of the molecule is I.[Br][Pb][Br]. The molecule has 26 valence electrons. The summed E-state index contributed by atoms with van der Waals surface area (Å²) in [4.78, 5) is 0. The van der Waals surface area contributed by atoms with Gasteiger partial charge in [0.2, 0.25) is 0 Å². The molecule has 0 bridgehead atoms. The first-order valence-corrected chi connectivity index (χ1v) is 17.2. The fourth-order valence-corrected chi connectivity index (χ4v) is 0. The molecule has 0 aromatic heterocycles. The molecule has 2 radical (unpaired) electrons. The van der Waals surface area contributed by atoms with Crippen LogP contribution in [0.2, 0.25) is 0 Å². The summed E-state index contributed by atoms with van der Waals surface area (Å²) in [6.07, 6.45) is 0. The minimum atomic E-state index is -0.292. The van der Waals surface area contributed by atoms with Crippen LogP contribution < -0.4 is 0 Å². The number of hydrogen-bond donors (Lipinski definition) is 0. The van der Waals surface area contributed by atoms with Crippen molar-refractivity contribution >= 4 is 67.4 Å². The predicted molar refractivity (Wildman–Crippen MR) is 39.0 cm³/mol. The molecule has 0 aliphatic rings. The van der Waals surface area contributed by atoms with Crippen LogP contribution in [-0.4, -0.2) is 19.4 Å². The molecule has 0 spiro atoms. The predicted octanol–water partition coefficient (Wildman–Crippen LogP) is 1.93. The number of rotatable bonds is 0. The molecule has 0 aliphatic carbocycles. The molecule has 4 heavy (non-hydrogen) atoms. The average molecular weight is 495 g/mol. The van der Waals surface area contributed by atoms with Crippen molar-refractivity contribution in [3.05, 3.63) is 0 Å². The van der Waals surface area contributed by atoms with Crippen molar-refractivity contribution in [1.82, 2.24) is 0 Å². The van der Waals surface area contributed by atoms with Crippen LogP contribution in [0.3, 0.4) is 0 Å². The van der Waals surface area contributed by atoms with Crippen LogP contribution in [0.5, 0.6) is 0 Å². The summed E-state index contributed by atoms with van der Waals surface area (Å²) in [5.41, 5.74) is 0. The Labute approximate surface area is 65.9 Å². The second kappa shape index (κ2) is 9.15. The Morgan fingerprint density at radius 2 is 1.25 bits per heavy atom. The second-order valence-corrected chi connectivity index (χ2v) is 16.9. The van der Waals surface area contributed by atoms with E-state index in [1.807, 2.05) is 0 Å². The molecular weight excluding hydrogens is 494 g/mol. The van der Waals surface area contributed by atoms with E-state index in [-0.39, 0.29) is 43.4 Å². The zero-order valence-corrected chi connectivity index (χ0v) is 11.1. The first-order chi connectivity index (χ1) is 1.41. The quantitative estimate of drug-likeness (QED) is 0.357. The minimum absolute atomic E-state index is 0. The summed E-state index contributed by atoms with van der Waals surface area (Å²) in [5.74, 6) is 0. The first-order valence-electron chi connectivity index (χ1n) is 0.378. The summed E-state index contributed by atoms with van der Waals surface area (Å²) in [6, 6.07) is 0. The van der Waals surface area contributed by atoms with E-state index in [1.54, 1.807) is 0 Å². The van der Waals surface area contributed by atoms with Gasteiger partial charge in [-0.2, -0.15) is 0 Å². The van der Waals surface area contributed by atoms with E-state index in [9.17, 15) is 0 Å². The summed E-state index contributed by atoms with van der Waals surface area (Å²) in [7, 11) is 0. The van der Waals surface area contributed by atoms with Gasteiger partial charge in [0, 0.05) is 0 Å². The van der Waals surface area contributed by atoms with E-state index < -0.39 is 0 Å². The topological polar surface area (TPSA) is 0 Å². The van der Waals surface area contributed by atoms with Gasteiger partial charge in [0.25, 0.3) is 0 Å². The Morgan fingerprint density at radius 1 is 1.25 bits per heavy atom. The van der Waals surface area contributed by atoms with Crippen LogP contribution in [0.15, 0.2) is 0 Å². The third-order valence-corrected chi connectivity index (χ3v) is 0. The van der Waals surface area contributed by atoms with E-state index in [2.05, 4.69) is 24.0 Å². The van der Waals surface area contributed by atoms with Crippen molar-refractivity contribution in [2.75, 3.05) is 0 Å². The van der Waals surface area contributed by atoms with Crippen LogP contribution in [0.4, 0.5) is 0 Å². The third kappa shape index (κ3) is 8.82. The van der Waals surface area contributed by atoms with Crippen LogP contribution in [0.1, 0.15) is 0 Å². The Hall–Kier alpha value is 2.61. The average Bonchev–Trinajstić information content (AvgIpc) is 0.918. The molecule has 0 rings (SSSR count). The fraction of sp³-hybridized carbons (Fsp3) is 0. The first kappa shape index (κ1) is 9.79. The molecule has 0 unspecified atom stereocenters. The number of hydrogen-bond acceptors (Lipinski definition) is 0. The van der Waals surface area contributed by atoms with Crippen molar-refractivity contribution < 1.29 is 0 Å². The normalized spacial score (nSPS) is 4.50. The molecular formula is HBr2IPb. The standard InChI is InChI=1S/2BrH.HI.Pb/h3*1H;/q;;;+2/p-2. The molecule has 0 aromatic rings. The molecule has 0 atom stereocenters. The summed E-state index contributed by atoms with van der Waals surface area (Å²) in [5, 5.41) is 0. The Morgan fingerprint density at radius 3 is 1.25 bits per heavy atom. The summed E-state index contributed by atoms with van der Waals surface area (Å²) >= 11 is 6.22. The Kier molecular flexibility index (Phi) is 22.4. The monoisotopic (exact) mass is 494 g/mol. The van der Waals surface area contributed by atoms with Crippen molar-refractivity contribution in [1.29, 1.82) is 0 Å². The van der Waals surface area contributed by atoms with E-state index in [1.165, 1.54) is 0 Å². The summed E-state index contributed by atoms with van der Waals surface area (Å²) < 4.78 is 0. The van der Waals surface area contributed by atoms with Gasteiger partial charge in [-0.3, -0.25) is 0 Å². The molecule has 0 saturated heterocycles. The maximum atomic E-state index is 3.26. The summed E-state index contributed by atoms with van der Waals surface area (Å²) in [6.45, 7) is 0. The van der Waals surface area contributed by atoms with Gasteiger partial charge in [-0.1, -0.05) is 0 Å². The molecule has 0 aliphatic heterocycles. The van der Waals surface area contributed by atoms with E-state index in [0.29, 0.717) is 0 Å². The molecule has 0 saturated carbocycles. The van der Waals surface area contributed by atoms with Gasteiger partial charge in [-0.15, -0.1) is 24.0 Å². The van der Waals surface area contributed by atoms with Gasteiger partial charge in [0.1, 0.15) is 0 Å². The van der Waals surface area contributed by atoms with Gasteiger partial charge >= 0.3 is 43.4 Å². The second-order valence-electron chi connectivity index (χ2n) is 0.0714. The third-order valence-electron chi connectivity index (χ3n) is 0. The van der Waals surface area contributed by atoms with Gasteiger partial charge in [-0.05, 0) is 0 Å². The van der Waals surface area contributed by atoms with Gasteiger partial charge in [-0.25, -0.2) is 0 Å². The van der Waals surface area contributed by atoms with Gasteiger partial charge in [0.05, 0.1) is 0 Å². The van der Waals surface area contributed by atoms with Crippen LogP contribution in [0.25, 0.3) is 0 Å². The molecule has 0 nitrogen and oxygen atoms in total. The number of halogens is 3. The molecule has 0 heterocycles. The zero-order chi connectivity index (χ0) is 2.71. The van der Waals surface area contributed by atoms with Crippen molar-refractivity contribution in [3.8, 4) is 0 Å². The van der Waals surface area contributed by atoms with Crippen LogP contribution in [0, 0.1) is 0 Å². The van der Waals surface area contributed by atoms with E-state index >= 15 is 0 Å². The van der Waals surface area contributed by atoms with Crippen molar-refractivity contribution in [2.45, 2.75) is 0 Å². The van der Waals surface area contributed by atoms with Gasteiger partial charge in [0.15, 0.2) is 0 Å². The molecule has 4 heteroatoms. The molecule has 0 amide bonds. The molecule has 0 N–H and O–H groups in total.